The molecule has 0 radical (unpaired) electrons. The van der Waals surface area contributed by atoms with E-state index in [-0.39, 0.29) is 28.1 Å². The third-order valence-electron chi connectivity index (χ3n) is 3.51. The minimum absolute atomic E-state index is 0.000721. The van der Waals surface area contributed by atoms with Gasteiger partial charge in [0.2, 0.25) is 0 Å². The van der Waals surface area contributed by atoms with E-state index >= 15 is 0 Å². The van der Waals surface area contributed by atoms with Crippen LogP contribution < -0.4 is 10.0 Å². The predicted octanol–water partition coefficient (Wildman–Crippen LogP) is 3.67. The van der Waals surface area contributed by atoms with Crippen molar-refractivity contribution in [1.29, 1.82) is 0 Å². The standard InChI is InChI=1S/C17H19ClN2O3S/c1-3-12(2)19-17(21)13-7-6-8-14(11-13)24(22,23)20-16-10-5-4-9-15(16)18/h4-12,20H,3H2,1-2H3,(H,19,21). The normalized spacial score (nSPS) is 12.5. The molecule has 0 aliphatic heterocycles. The van der Waals surface area contributed by atoms with Crippen LogP contribution in [-0.4, -0.2) is 20.4 Å². The highest BCUT2D eigenvalue weighted by Gasteiger charge is 2.18. The number of nitrogens with one attached hydrogen (secondary N) is 2. The van der Waals surface area contributed by atoms with Gasteiger partial charge >= 0.3 is 0 Å². The van der Waals surface area contributed by atoms with E-state index in [0.29, 0.717) is 5.02 Å². The second kappa shape index (κ2) is 7.68. The summed E-state index contributed by atoms with van der Waals surface area (Å²) in [5, 5.41) is 3.11. The van der Waals surface area contributed by atoms with E-state index in [1.807, 2.05) is 13.8 Å². The number of halogens is 1. The molecule has 24 heavy (non-hydrogen) atoms. The van der Waals surface area contributed by atoms with Gasteiger partial charge in [-0.1, -0.05) is 36.7 Å². The minimum Gasteiger partial charge on any atom is -0.350 e. The predicted molar refractivity (Wildman–Crippen MR) is 95.9 cm³/mol. The van der Waals surface area contributed by atoms with Gasteiger partial charge in [-0.3, -0.25) is 9.52 Å². The zero-order valence-corrected chi connectivity index (χ0v) is 15.0. The Morgan fingerprint density at radius 3 is 2.54 bits per heavy atom. The lowest BCUT2D eigenvalue weighted by atomic mass is 10.2. The smallest absolute Gasteiger partial charge is 0.261 e. The van der Waals surface area contributed by atoms with E-state index in [1.54, 1.807) is 30.3 Å². The summed E-state index contributed by atoms with van der Waals surface area (Å²) in [6, 6.07) is 12.4. The number of benzene rings is 2. The van der Waals surface area contributed by atoms with Gasteiger partial charge in [0.15, 0.2) is 0 Å². The SMILES string of the molecule is CCC(C)NC(=O)c1cccc(S(=O)(=O)Nc2ccccc2Cl)c1. The topological polar surface area (TPSA) is 75.3 Å². The van der Waals surface area contributed by atoms with Crippen LogP contribution in [0, 0.1) is 0 Å². The molecule has 2 aromatic rings. The maximum absolute atomic E-state index is 12.5. The minimum atomic E-state index is -3.84. The second-order valence-electron chi connectivity index (χ2n) is 5.40. The third-order valence-corrected chi connectivity index (χ3v) is 5.21. The molecule has 0 fully saturated rings. The Kier molecular flexibility index (Phi) is 5.85. The largest absolute Gasteiger partial charge is 0.350 e. The maximum Gasteiger partial charge on any atom is 0.261 e. The molecule has 128 valence electrons. The molecule has 0 heterocycles. The van der Waals surface area contributed by atoms with Crippen molar-refractivity contribution in [1.82, 2.24) is 5.32 Å². The highest BCUT2D eigenvalue weighted by molar-refractivity contribution is 7.92. The molecule has 1 atom stereocenters. The van der Waals surface area contributed by atoms with Crippen LogP contribution in [0.3, 0.4) is 0 Å². The number of hydrogen-bond acceptors (Lipinski definition) is 3. The molecule has 2 aromatic carbocycles. The number of carbonyl (C=O) groups excluding carboxylic acids is 1. The first-order valence-electron chi connectivity index (χ1n) is 7.51. The van der Waals surface area contributed by atoms with Crippen LogP contribution in [0.1, 0.15) is 30.6 Å². The summed E-state index contributed by atoms with van der Waals surface area (Å²) in [7, 11) is -3.84. The molecular weight excluding hydrogens is 348 g/mol. The van der Waals surface area contributed by atoms with Gasteiger partial charge < -0.3 is 5.32 Å². The molecule has 0 aliphatic rings. The Balaban J connectivity index is 2.27. The lowest BCUT2D eigenvalue weighted by Gasteiger charge is -2.13. The van der Waals surface area contributed by atoms with Crippen LogP contribution in [0.2, 0.25) is 5.02 Å². The first-order valence-corrected chi connectivity index (χ1v) is 9.38. The van der Waals surface area contributed by atoms with Gasteiger partial charge in [0.05, 0.1) is 15.6 Å². The lowest BCUT2D eigenvalue weighted by Crippen LogP contribution is -2.32. The Bertz CT molecular complexity index is 837. The Hall–Kier alpha value is -2.05. The summed E-state index contributed by atoms with van der Waals surface area (Å²) in [6.45, 7) is 3.84. The molecule has 0 bridgehead atoms. The van der Waals surface area contributed by atoms with E-state index in [2.05, 4.69) is 10.0 Å². The van der Waals surface area contributed by atoms with Gasteiger partial charge in [0.25, 0.3) is 15.9 Å². The van der Waals surface area contributed by atoms with E-state index in [9.17, 15) is 13.2 Å². The Labute approximate surface area is 147 Å². The summed E-state index contributed by atoms with van der Waals surface area (Å²) < 4.78 is 27.4. The molecule has 2 rings (SSSR count). The monoisotopic (exact) mass is 366 g/mol. The fourth-order valence-corrected chi connectivity index (χ4v) is 3.33. The van der Waals surface area contributed by atoms with E-state index in [0.717, 1.165) is 6.42 Å². The number of para-hydroxylation sites is 1. The molecule has 1 amide bonds. The third kappa shape index (κ3) is 4.49. The first kappa shape index (κ1) is 18.3. The molecule has 0 aliphatic carbocycles. The molecule has 2 N–H and O–H groups in total. The van der Waals surface area contributed by atoms with Gasteiger partial charge in [-0.05, 0) is 43.7 Å². The zero-order chi connectivity index (χ0) is 17.7. The molecule has 0 saturated carbocycles. The van der Waals surface area contributed by atoms with Crippen molar-refractivity contribution in [3.63, 3.8) is 0 Å². The quantitative estimate of drug-likeness (QED) is 0.819. The molecule has 0 aromatic heterocycles. The van der Waals surface area contributed by atoms with Crippen LogP contribution in [0.15, 0.2) is 53.4 Å². The number of sulfonamides is 1. The number of anilines is 1. The summed E-state index contributed by atoms with van der Waals surface area (Å²) in [5.74, 6) is -0.306. The fourth-order valence-electron chi connectivity index (χ4n) is 1.96. The number of carbonyl (C=O) groups is 1. The van der Waals surface area contributed by atoms with Gasteiger partial charge in [0.1, 0.15) is 0 Å². The molecular formula is C17H19ClN2O3S. The van der Waals surface area contributed by atoms with Crippen molar-refractivity contribution in [2.24, 2.45) is 0 Å². The van der Waals surface area contributed by atoms with E-state index in [4.69, 9.17) is 11.6 Å². The van der Waals surface area contributed by atoms with Gasteiger partial charge in [-0.25, -0.2) is 8.42 Å². The van der Waals surface area contributed by atoms with Crippen LogP contribution in [0.25, 0.3) is 0 Å². The summed E-state index contributed by atoms with van der Waals surface area (Å²) in [4.78, 5) is 12.2. The average Bonchev–Trinajstić information content (AvgIpc) is 2.56. The molecule has 5 nitrogen and oxygen atoms in total. The van der Waals surface area contributed by atoms with Crippen molar-refractivity contribution in [3.8, 4) is 0 Å². The zero-order valence-electron chi connectivity index (χ0n) is 13.4. The highest BCUT2D eigenvalue weighted by atomic mass is 35.5. The van der Waals surface area contributed by atoms with Gasteiger partial charge in [-0.2, -0.15) is 0 Å². The number of rotatable bonds is 6. The molecule has 0 saturated heterocycles. The second-order valence-corrected chi connectivity index (χ2v) is 7.49. The van der Waals surface area contributed by atoms with Crippen molar-refractivity contribution in [2.45, 2.75) is 31.2 Å². The van der Waals surface area contributed by atoms with Crippen molar-refractivity contribution in [2.75, 3.05) is 4.72 Å². The summed E-state index contributed by atoms with van der Waals surface area (Å²) in [6.07, 6.45) is 0.789. The number of amides is 1. The van der Waals surface area contributed by atoms with Crippen LogP contribution >= 0.6 is 11.6 Å². The van der Waals surface area contributed by atoms with Crippen LogP contribution in [0.4, 0.5) is 5.69 Å². The van der Waals surface area contributed by atoms with Gasteiger partial charge in [-0.15, -0.1) is 0 Å². The van der Waals surface area contributed by atoms with Crippen molar-refractivity contribution in [3.05, 3.63) is 59.1 Å². The molecule has 7 heteroatoms. The Morgan fingerprint density at radius 2 is 1.88 bits per heavy atom. The Morgan fingerprint density at radius 1 is 1.17 bits per heavy atom. The molecule has 0 spiro atoms. The summed E-state index contributed by atoms with van der Waals surface area (Å²) >= 11 is 5.98. The van der Waals surface area contributed by atoms with E-state index < -0.39 is 10.0 Å². The highest BCUT2D eigenvalue weighted by Crippen LogP contribution is 2.24. The first-order chi connectivity index (χ1) is 11.3. The van der Waals surface area contributed by atoms with Gasteiger partial charge in [0, 0.05) is 11.6 Å². The number of hydrogen-bond donors (Lipinski definition) is 2. The lowest BCUT2D eigenvalue weighted by molar-refractivity contribution is 0.0939. The molecule has 1 unspecified atom stereocenters. The van der Waals surface area contributed by atoms with E-state index in [1.165, 1.54) is 18.2 Å². The van der Waals surface area contributed by atoms with Crippen molar-refractivity contribution >= 4 is 33.2 Å². The maximum atomic E-state index is 12.5. The average molecular weight is 367 g/mol. The van der Waals surface area contributed by atoms with Crippen LogP contribution in [0.5, 0.6) is 0 Å². The summed E-state index contributed by atoms with van der Waals surface area (Å²) in [5.41, 5.74) is 0.575. The van der Waals surface area contributed by atoms with Crippen LogP contribution in [-0.2, 0) is 10.0 Å². The van der Waals surface area contributed by atoms with Crippen molar-refractivity contribution < 1.29 is 13.2 Å². The fraction of sp³-hybridized carbons (Fsp3) is 0.235.